The number of fused-ring (bicyclic) bond motifs is 1. The van der Waals surface area contributed by atoms with Crippen molar-refractivity contribution in [1.29, 1.82) is 0 Å². The predicted octanol–water partition coefficient (Wildman–Crippen LogP) is 4.35. The number of carbonyl (C=O) groups excluding carboxylic acids is 1. The van der Waals surface area contributed by atoms with Crippen molar-refractivity contribution in [3.8, 4) is 0 Å². The summed E-state index contributed by atoms with van der Waals surface area (Å²) in [6.45, 7) is 2.33. The maximum absolute atomic E-state index is 14.2. The highest BCUT2D eigenvalue weighted by Gasteiger charge is 2.38. The molecule has 0 unspecified atom stereocenters. The molecule has 2 heterocycles. The monoisotopic (exact) mass is 500 g/mol. The van der Waals surface area contributed by atoms with E-state index in [1.54, 1.807) is 4.90 Å². The second-order valence-corrected chi connectivity index (χ2v) is 10.1. The van der Waals surface area contributed by atoms with Crippen LogP contribution in [-0.4, -0.2) is 37.9 Å². The molecule has 1 fully saturated rings. The van der Waals surface area contributed by atoms with Gasteiger partial charge < -0.3 is 4.74 Å². The number of anilines is 1. The zero-order valence-corrected chi connectivity index (χ0v) is 18.5. The largest absolute Gasteiger partial charge is 0.444 e. The number of aryl methyl sites for hydroxylation is 1. The normalized spacial score (nSPS) is 18.3. The maximum Gasteiger partial charge on any atom is 0.414 e. The van der Waals surface area contributed by atoms with E-state index in [1.165, 1.54) is 4.31 Å². The predicted molar refractivity (Wildman–Crippen MR) is 110 cm³/mol. The molecule has 10 heteroatoms. The lowest BCUT2D eigenvalue weighted by atomic mass is 10.00. The SMILES string of the molecule is Cc1cccc2c1N(C1CCN(S(=O)(=O)c3cc(Br)c(F)cc3F)CC1)C(=O)OC2. The summed E-state index contributed by atoms with van der Waals surface area (Å²) in [6, 6.07) is 6.96. The topological polar surface area (TPSA) is 66.9 Å². The Bertz CT molecular complexity index is 1120. The standard InChI is InChI=1S/C20H19BrF2N2O4S/c1-12-3-2-4-13-11-29-20(26)25(19(12)13)14-5-7-24(8-6-14)30(27,28)18-9-15(21)16(22)10-17(18)23/h2-4,9-10,14H,5-8,11H2,1H3. The number of nitrogens with zero attached hydrogens (tertiary/aromatic N) is 2. The van der Waals surface area contributed by atoms with E-state index >= 15 is 0 Å². The number of benzene rings is 2. The van der Waals surface area contributed by atoms with Gasteiger partial charge >= 0.3 is 6.09 Å². The minimum atomic E-state index is -4.14. The summed E-state index contributed by atoms with van der Waals surface area (Å²) in [5, 5.41) is 0. The lowest BCUT2D eigenvalue weighted by molar-refractivity contribution is 0.135. The summed E-state index contributed by atoms with van der Waals surface area (Å²) in [5.41, 5.74) is 2.66. The van der Waals surface area contributed by atoms with Crippen molar-refractivity contribution < 1.29 is 26.7 Å². The van der Waals surface area contributed by atoms with Gasteiger partial charge in [-0.05, 0) is 47.3 Å². The van der Waals surface area contributed by atoms with Gasteiger partial charge in [-0.15, -0.1) is 0 Å². The Kier molecular flexibility index (Phi) is 5.58. The molecule has 0 N–H and O–H groups in total. The van der Waals surface area contributed by atoms with E-state index in [-0.39, 0.29) is 30.2 Å². The van der Waals surface area contributed by atoms with Crippen molar-refractivity contribution >= 4 is 37.7 Å². The Hall–Kier alpha value is -2.04. The molecule has 30 heavy (non-hydrogen) atoms. The number of ether oxygens (including phenoxy) is 1. The molecule has 160 valence electrons. The van der Waals surface area contributed by atoms with Gasteiger partial charge in [0.1, 0.15) is 23.1 Å². The number of para-hydroxylation sites is 1. The van der Waals surface area contributed by atoms with Crippen LogP contribution < -0.4 is 4.90 Å². The fourth-order valence-corrected chi connectivity index (χ4v) is 6.03. The highest BCUT2D eigenvalue weighted by molar-refractivity contribution is 9.10. The fourth-order valence-electron chi connectivity index (χ4n) is 3.99. The van der Waals surface area contributed by atoms with Gasteiger partial charge in [0.15, 0.2) is 0 Å². The first-order valence-electron chi connectivity index (χ1n) is 9.39. The van der Waals surface area contributed by atoms with Crippen molar-refractivity contribution in [2.24, 2.45) is 0 Å². The van der Waals surface area contributed by atoms with E-state index in [1.807, 2.05) is 25.1 Å². The quantitative estimate of drug-likeness (QED) is 0.587. The summed E-state index contributed by atoms with van der Waals surface area (Å²) in [6.07, 6.45) is 0.282. The van der Waals surface area contributed by atoms with Crippen LogP contribution in [0.4, 0.5) is 19.3 Å². The molecule has 6 nitrogen and oxygen atoms in total. The molecule has 0 aliphatic carbocycles. The molecule has 4 rings (SSSR count). The maximum atomic E-state index is 14.2. The molecule has 0 aromatic heterocycles. The van der Waals surface area contributed by atoms with Gasteiger partial charge in [0, 0.05) is 30.8 Å². The molecule has 0 saturated carbocycles. The fraction of sp³-hybridized carbons (Fsp3) is 0.350. The first-order chi connectivity index (χ1) is 14.2. The van der Waals surface area contributed by atoms with E-state index in [2.05, 4.69) is 15.9 Å². The Morgan fingerprint density at radius 3 is 2.53 bits per heavy atom. The first-order valence-corrected chi connectivity index (χ1v) is 11.6. The number of sulfonamides is 1. The molecule has 2 aliphatic rings. The first kappa shape index (κ1) is 21.2. The third-order valence-electron chi connectivity index (χ3n) is 5.49. The number of rotatable bonds is 3. The molecule has 0 bridgehead atoms. The van der Waals surface area contributed by atoms with Crippen LogP contribution in [0.5, 0.6) is 0 Å². The van der Waals surface area contributed by atoms with Crippen molar-refractivity contribution in [3.05, 3.63) is 57.6 Å². The Morgan fingerprint density at radius 2 is 1.83 bits per heavy atom. The van der Waals surface area contributed by atoms with Gasteiger partial charge in [-0.3, -0.25) is 4.90 Å². The summed E-state index contributed by atoms with van der Waals surface area (Å²) in [7, 11) is -4.14. The number of carbonyl (C=O) groups is 1. The van der Waals surface area contributed by atoms with Crippen molar-refractivity contribution in [1.82, 2.24) is 4.31 Å². The van der Waals surface area contributed by atoms with E-state index in [0.29, 0.717) is 18.9 Å². The van der Waals surface area contributed by atoms with Crippen LogP contribution in [0.2, 0.25) is 0 Å². The Morgan fingerprint density at radius 1 is 1.13 bits per heavy atom. The smallest absolute Gasteiger partial charge is 0.414 e. The van der Waals surface area contributed by atoms with Crippen molar-refractivity contribution in [2.45, 2.75) is 37.3 Å². The Labute approximate surface area is 181 Å². The van der Waals surface area contributed by atoms with Crippen LogP contribution in [0.1, 0.15) is 24.0 Å². The molecule has 0 spiro atoms. The zero-order valence-electron chi connectivity index (χ0n) is 16.1. The zero-order chi connectivity index (χ0) is 21.6. The molecule has 0 atom stereocenters. The molecule has 2 aromatic rings. The van der Waals surface area contributed by atoms with E-state index < -0.39 is 32.6 Å². The Balaban J connectivity index is 1.57. The van der Waals surface area contributed by atoms with Gasteiger partial charge in [0.25, 0.3) is 0 Å². The lowest BCUT2D eigenvalue weighted by Gasteiger charge is -2.40. The number of halogens is 3. The van der Waals surface area contributed by atoms with Crippen LogP contribution in [0, 0.1) is 18.6 Å². The third kappa shape index (κ3) is 3.61. The van der Waals surface area contributed by atoms with Crippen LogP contribution in [0.3, 0.4) is 0 Å². The molecular weight excluding hydrogens is 482 g/mol. The second-order valence-electron chi connectivity index (χ2n) is 7.34. The number of hydrogen-bond donors (Lipinski definition) is 0. The summed E-state index contributed by atoms with van der Waals surface area (Å²) >= 11 is 2.90. The minimum Gasteiger partial charge on any atom is -0.444 e. The van der Waals surface area contributed by atoms with Gasteiger partial charge in [-0.2, -0.15) is 4.31 Å². The summed E-state index contributed by atoms with van der Waals surface area (Å²) in [5.74, 6) is -2.01. The second kappa shape index (κ2) is 7.90. The molecular formula is C20H19BrF2N2O4S. The molecule has 2 aromatic carbocycles. The molecule has 1 saturated heterocycles. The van der Waals surface area contributed by atoms with Crippen LogP contribution in [-0.2, 0) is 21.4 Å². The average molecular weight is 501 g/mol. The van der Waals surface area contributed by atoms with E-state index in [4.69, 9.17) is 4.74 Å². The van der Waals surface area contributed by atoms with Crippen LogP contribution in [0.15, 0.2) is 39.7 Å². The van der Waals surface area contributed by atoms with E-state index in [0.717, 1.165) is 22.9 Å². The number of piperidine rings is 1. The minimum absolute atomic E-state index is 0.104. The molecule has 0 radical (unpaired) electrons. The highest BCUT2D eigenvalue weighted by atomic mass is 79.9. The van der Waals surface area contributed by atoms with Crippen LogP contribution >= 0.6 is 15.9 Å². The van der Waals surface area contributed by atoms with Crippen molar-refractivity contribution in [2.75, 3.05) is 18.0 Å². The number of cyclic esters (lactones) is 1. The van der Waals surface area contributed by atoms with Crippen LogP contribution in [0.25, 0.3) is 0 Å². The van der Waals surface area contributed by atoms with Crippen molar-refractivity contribution in [3.63, 3.8) is 0 Å². The summed E-state index contributed by atoms with van der Waals surface area (Å²) in [4.78, 5) is 13.5. The van der Waals surface area contributed by atoms with E-state index in [9.17, 15) is 22.0 Å². The van der Waals surface area contributed by atoms with Gasteiger partial charge in [-0.1, -0.05) is 18.2 Å². The lowest BCUT2D eigenvalue weighted by Crippen LogP contribution is -2.50. The average Bonchev–Trinajstić information content (AvgIpc) is 2.71. The van der Waals surface area contributed by atoms with Gasteiger partial charge in [-0.25, -0.2) is 22.0 Å². The summed E-state index contributed by atoms with van der Waals surface area (Å²) < 4.78 is 59.8. The number of hydrogen-bond acceptors (Lipinski definition) is 4. The molecule has 1 amide bonds. The highest BCUT2D eigenvalue weighted by Crippen LogP contribution is 2.35. The third-order valence-corrected chi connectivity index (χ3v) is 8.01. The molecule has 2 aliphatic heterocycles. The number of amides is 1. The van der Waals surface area contributed by atoms with Gasteiger partial charge in [0.05, 0.1) is 10.2 Å². The van der Waals surface area contributed by atoms with Gasteiger partial charge in [0.2, 0.25) is 10.0 Å².